The number of thioether (sulfide) groups is 1. The summed E-state index contributed by atoms with van der Waals surface area (Å²) in [6.45, 7) is 7.60. The summed E-state index contributed by atoms with van der Waals surface area (Å²) in [4.78, 5) is 16.3. The van der Waals surface area contributed by atoms with E-state index in [4.69, 9.17) is 0 Å². The zero-order valence-electron chi connectivity index (χ0n) is 15.5. The Hall–Kier alpha value is -1.87. The smallest absolute Gasteiger partial charge is 0.233 e. The van der Waals surface area contributed by atoms with Gasteiger partial charge >= 0.3 is 0 Å². The van der Waals surface area contributed by atoms with Gasteiger partial charge in [0.25, 0.3) is 0 Å². The van der Waals surface area contributed by atoms with Crippen LogP contribution in [0.1, 0.15) is 13.8 Å². The highest BCUT2D eigenvalue weighted by Gasteiger charge is 2.23. The molecule has 1 aromatic heterocycles. The van der Waals surface area contributed by atoms with Gasteiger partial charge in [-0.1, -0.05) is 49.1 Å². The first-order valence-corrected chi connectivity index (χ1v) is 10.8. The van der Waals surface area contributed by atoms with E-state index in [2.05, 4.69) is 29.4 Å². The Morgan fingerprint density at radius 2 is 2.00 bits per heavy atom. The summed E-state index contributed by atoms with van der Waals surface area (Å²) < 4.78 is 14.7. The van der Waals surface area contributed by atoms with Crippen LogP contribution in [0.25, 0.3) is 0 Å². The molecule has 0 spiro atoms. The predicted molar refractivity (Wildman–Crippen MR) is 109 cm³/mol. The molecule has 0 radical (unpaired) electrons. The monoisotopic (exact) mass is 409 g/mol. The van der Waals surface area contributed by atoms with Crippen LogP contribution in [-0.4, -0.2) is 59.5 Å². The Morgan fingerprint density at radius 1 is 1.26 bits per heavy atom. The molecule has 0 saturated carbocycles. The van der Waals surface area contributed by atoms with E-state index in [0.717, 1.165) is 16.0 Å². The highest BCUT2D eigenvalue weighted by molar-refractivity contribution is 8.01. The van der Waals surface area contributed by atoms with Crippen LogP contribution in [0.2, 0.25) is 0 Å². The summed E-state index contributed by atoms with van der Waals surface area (Å²) in [7, 11) is 0. The fourth-order valence-corrected chi connectivity index (χ4v) is 4.41. The number of para-hydroxylation sites is 1. The second-order valence-electron chi connectivity index (χ2n) is 6.76. The number of carbonyl (C=O) groups is 1. The molecule has 6 nitrogen and oxygen atoms in total. The summed E-state index contributed by atoms with van der Waals surface area (Å²) in [5.74, 6) is 0.749. The van der Waals surface area contributed by atoms with Crippen LogP contribution in [0.4, 0.5) is 15.2 Å². The van der Waals surface area contributed by atoms with Gasteiger partial charge in [0.15, 0.2) is 4.34 Å². The maximum absolute atomic E-state index is 13.9. The van der Waals surface area contributed by atoms with Crippen LogP contribution in [0.5, 0.6) is 0 Å². The molecule has 1 amide bonds. The molecule has 2 aromatic rings. The number of nitrogens with one attached hydrogen (secondary N) is 1. The van der Waals surface area contributed by atoms with Gasteiger partial charge in [-0.25, -0.2) is 4.39 Å². The highest BCUT2D eigenvalue weighted by atomic mass is 32.2. The number of halogens is 1. The van der Waals surface area contributed by atoms with Crippen molar-refractivity contribution in [2.45, 2.75) is 18.2 Å². The second kappa shape index (κ2) is 9.36. The molecule has 1 saturated heterocycles. The Morgan fingerprint density at radius 3 is 2.70 bits per heavy atom. The fraction of sp³-hybridized carbons (Fsp3) is 0.500. The molecule has 9 heteroatoms. The molecule has 1 aliphatic heterocycles. The average molecular weight is 410 g/mol. The fourth-order valence-electron chi connectivity index (χ4n) is 2.75. The third-order valence-corrected chi connectivity index (χ3v) is 6.21. The van der Waals surface area contributed by atoms with E-state index in [1.54, 1.807) is 12.1 Å². The number of hydrogen-bond acceptors (Lipinski definition) is 7. The number of piperazine rings is 1. The first-order chi connectivity index (χ1) is 13.0. The van der Waals surface area contributed by atoms with Gasteiger partial charge in [-0.05, 0) is 18.1 Å². The SMILES string of the molecule is CC(C)CNc1nnc(SCC(=O)N2CCN(c3ccccc3F)CC2)s1. The van der Waals surface area contributed by atoms with Gasteiger partial charge in [0.05, 0.1) is 11.4 Å². The number of aromatic nitrogens is 2. The molecular weight excluding hydrogens is 385 g/mol. The van der Waals surface area contributed by atoms with E-state index in [9.17, 15) is 9.18 Å². The van der Waals surface area contributed by atoms with Crippen molar-refractivity contribution >= 4 is 39.8 Å². The van der Waals surface area contributed by atoms with Crippen molar-refractivity contribution in [3.05, 3.63) is 30.1 Å². The van der Waals surface area contributed by atoms with Crippen LogP contribution < -0.4 is 10.2 Å². The zero-order chi connectivity index (χ0) is 19.2. The summed E-state index contributed by atoms with van der Waals surface area (Å²) in [5.41, 5.74) is 0.606. The van der Waals surface area contributed by atoms with Crippen LogP contribution >= 0.6 is 23.1 Å². The Balaban J connectivity index is 1.44. The van der Waals surface area contributed by atoms with Gasteiger partial charge in [0.1, 0.15) is 5.82 Å². The molecule has 1 aliphatic rings. The zero-order valence-corrected chi connectivity index (χ0v) is 17.2. The van der Waals surface area contributed by atoms with Gasteiger partial charge in [0, 0.05) is 32.7 Å². The molecule has 0 bridgehead atoms. The maximum Gasteiger partial charge on any atom is 0.233 e. The van der Waals surface area contributed by atoms with Crippen molar-refractivity contribution in [2.75, 3.05) is 48.7 Å². The maximum atomic E-state index is 13.9. The molecule has 2 heterocycles. The lowest BCUT2D eigenvalue weighted by atomic mass is 10.2. The number of hydrogen-bond donors (Lipinski definition) is 1. The molecule has 1 aromatic carbocycles. The number of nitrogens with zero attached hydrogens (tertiary/aromatic N) is 4. The Kier molecular flexibility index (Phi) is 6.89. The number of amides is 1. The van der Waals surface area contributed by atoms with E-state index < -0.39 is 0 Å². The van der Waals surface area contributed by atoms with Crippen LogP contribution in [-0.2, 0) is 4.79 Å². The predicted octanol–water partition coefficient (Wildman–Crippen LogP) is 3.19. The van der Waals surface area contributed by atoms with E-state index in [0.29, 0.717) is 43.5 Å². The van der Waals surface area contributed by atoms with Crippen molar-refractivity contribution in [2.24, 2.45) is 5.92 Å². The normalized spacial score (nSPS) is 14.7. The third kappa shape index (κ3) is 5.55. The summed E-state index contributed by atoms with van der Waals surface area (Å²) in [5, 5.41) is 12.3. The van der Waals surface area contributed by atoms with Crippen molar-refractivity contribution in [1.29, 1.82) is 0 Å². The number of carbonyl (C=O) groups excluding carboxylic acids is 1. The lowest BCUT2D eigenvalue weighted by Crippen LogP contribution is -2.49. The minimum Gasteiger partial charge on any atom is -0.366 e. The van der Waals surface area contributed by atoms with E-state index in [-0.39, 0.29) is 11.7 Å². The van der Waals surface area contributed by atoms with Gasteiger partial charge in [0.2, 0.25) is 11.0 Å². The van der Waals surface area contributed by atoms with Gasteiger partial charge in [-0.15, -0.1) is 10.2 Å². The van der Waals surface area contributed by atoms with Crippen molar-refractivity contribution in [1.82, 2.24) is 15.1 Å². The van der Waals surface area contributed by atoms with E-state index >= 15 is 0 Å². The molecule has 27 heavy (non-hydrogen) atoms. The van der Waals surface area contributed by atoms with Crippen molar-refractivity contribution < 1.29 is 9.18 Å². The average Bonchev–Trinajstić information content (AvgIpc) is 3.13. The lowest BCUT2D eigenvalue weighted by Gasteiger charge is -2.36. The summed E-state index contributed by atoms with van der Waals surface area (Å²) in [6, 6.07) is 6.77. The standard InChI is InChI=1S/C18H24FN5OS2/c1-13(2)11-20-17-21-22-18(27-17)26-12-16(25)24-9-7-23(8-10-24)15-6-4-3-5-14(15)19/h3-6,13H,7-12H2,1-2H3,(H,20,21). The van der Waals surface area contributed by atoms with E-state index in [1.165, 1.54) is 29.2 Å². The first-order valence-electron chi connectivity index (χ1n) is 9.00. The van der Waals surface area contributed by atoms with Gasteiger partial charge < -0.3 is 15.1 Å². The molecule has 0 unspecified atom stereocenters. The van der Waals surface area contributed by atoms with Gasteiger partial charge in [-0.3, -0.25) is 4.79 Å². The second-order valence-corrected chi connectivity index (χ2v) is 8.96. The Labute approximate surface area is 167 Å². The van der Waals surface area contributed by atoms with Crippen LogP contribution in [0, 0.1) is 11.7 Å². The quantitative estimate of drug-likeness (QED) is 0.709. The Bertz CT molecular complexity index is 762. The largest absolute Gasteiger partial charge is 0.366 e. The minimum atomic E-state index is -0.217. The lowest BCUT2D eigenvalue weighted by molar-refractivity contribution is -0.128. The van der Waals surface area contributed by atoms with Crippen molar-refractivity contribution in [3.63, 3.8) is 0 Å². The van der Waals surface area contributed by atoms with Crippen LogP contribution in [0.3, 0.4) is 0 Å². The molecule has 146 valence electrons. The molecule has 1 fully saturated rings. The van der Waals surface area contributed by atoms with Gasteiger partial charge in [-0.2, -0.15) is 0 Å². The first kappa shape index (κ1) is 19.9. The third-order valence-electron chi connectivity index (χ3n) is 4.21. The molecular formula is C18H24FN5OS2. The molecule has 0 atom stereocenters. The molecule has 1 N–H and O–H groups in total. The van der Waals surface area contributed by atoms with Crippen LogP contribution in [0.15, 0.2) is 28.6 Å². The molecule has 0 aliphatic carbocycles. The topological polar surface area (TPSA) is 61.4 Å². The molecule has 3 rings (SSSR count). The van der Waals surface area contributed by atoms with E-state index in [1.807, 2.05) is 15.9 Å². The summed E-state index contributed by atoms with van der Waals surface area (Å²) in [6.07, 6.45) is 0. The minimum absolute atomic E-state index is 0.0834. The van der Waals surface area contributed by atoms with Crippen molar-refractivity contribution in [3.8, 4) is 0 Å². The number of rotatable bonds is 7. The number of anilines is 2. The summed E-state index contributed by atoms with van der Waals surface area (Å²) >= 11 is 2.89. The highest BCUT2D eigenvalue weighted by Crippen LogP contribution is 2.26. The number of benzene rings is 1.